The van der Waals surface area contributed by atoms with Crippen molar-refractivity contribution in [1.29, 1.82) is 0 Å². The van der Waals surface area contributed by atoms with E-state index in [1.54, 1.807) is 26.4 Å². The highest BCUT2D eigenvalue weighted by atomic mass is 16.5. The molecule has 1 aliphatic heterocycles. The number of ether oxygens (including phenoxy) is 2. The lowest BCUT2D eigenvalue weighted by atomic mass is 9.96. The van der Waals surface area contributed by atoms with Gasteiger partial charge in [0, 0.05) is 19.2 Å². The van der Waals surface area contributed by atoms with Crippen LogP contribution in [0.25, 0.3) is 11.2 Å². The van der Waals surface area contributed by atoms with Gasteiger partial charge in [-0.1, -0.05) is 13.8 Å². The number of aryl methyl sites for hydroxylation is 2. The van der Waals surface area contributed by atoms with E-state index in [1.807, 2.05) is 18.3 Å². The van der Waals surface area contributed by atoms with Gasteiger partial charge in [-0.05, 0) is 43.9 Å². The molecule has 1 fully saturated rings. The molecule has 8 nitrogen and oxygen atoms in total. The topological polar surface area (TPSA) is 89.5 Å². The normalized spacial score (nSPS) is 16.0. The first kappa shape index (κ1) is 22.8. The van der Waals surface area contributed by atoms with E-state index in [9.17, 15) is 4.79 Å². The van der Waals surface area contributed by atoms with Crippen molar-refractivity contribution in [1.82, 2.24) is 15.0 Å². The van der Waals surface area contributed by atoms with Crippen LogP contribution in [0.2, 0.25) is 0 Å². The molecule has 1 aromatic carbocycles. The van der Waals surface area contributed by atoms with Crippen molar-refractivity contribution in [3.05, 3.63) is 41.9 Å². The molecular weight excluding hydrogens is 418 g/mol. The SMILES string of the molecule is CCc1nc2cc(N3CCC[C@@H](C(=O)Nc4ccc(OC)cc4OC)C3)cnc2nc1CC. The largest absolute Gasteiger partial charge is 0.497 e. The molecule has 1 atom stereocenters. The zero-order valence-corrected chi connectivity index (χ0v) is 19.7. The summed E-state index contributed by atoms with van der Waals surface area (Å²) in [5, 5.41) is 3.03. The summed E-state index contributed by atoms with van der Waals surface area (Å²) in [5.74, 6) is 1.10. The number of carbonyl (C=O) groups is 1. The van der Waals surface area contributed by atoms with Gasteiger partial charge in [0.05, 0.1) is 49.1 Å². The number of fused-ring (bicyclic) bond motifs is 1. The number of methoxy groups -OCH3 is 2. The van der Waals surface area contributed by atoms with E-state index in [2.05, 4.69) is 29.0 Å². The van der Waals surface area contributed by atoms with E-state index in [4.69, 9.17) is 19.4 Å². The predicted octanol–water partition coefficient (Wildman–Crippen LogP) is 4.02. The second kappa shape index (κ2) is 10.0. The summed E-state index contributed by atoms with van der Waals surface area (Å²) in [6.07, 6.45) is 5.29. The van der Waals surface area contributed by atoms with Gasteiger partial charge in [0.15, 0.2) is 5.65 Å². The smallest absolute Gasteiger partial charge is 0.229 e. The van der Waals surface area contributed by atoms with Crippen LogP contribution in [0.3, 0.4) is 0 Å². The minimum absolute atomic E-state index is 0.0161. The predicted molar refractivity (Wildman–Crippen MR) is 129 cm³/mol. The number of pyridine rings is 1. The van der Waals surface area contributed by atoms with Gasteiger partial charge in [-0.15, -0.1) is 0 Å². The number of hydrogen-bond acceptors (Lipinski definition) is 7. The fraction of sp³-hybridized carbons (Fsp3) is 0.440. The molecule has 1 N–H and O–H groups in total. The molecule has 1 aliphatic rings. The quantitative estimate of drug-likeness (QED) is 0.583. The minimum Gasteiger partial charge on any atom is -0.497 e. The molecular formula is C25H31N5O3. The van der Waals surface area contributed by atoms with Crippen LogP contribution in [-0.2, 0) is 17.6 Å². The van der Waals surface area contributed by atoms with Crippen LogP contribution in [0, 0.1) is 5.92 Å². The molecule has 0 aliphatic carbocycles. The minimum atomic E-state index is -0.138. The Morgan fingerprint density at radius 2 is 1.91 bits per heavy atom. The Bertz CT molecular complexity index is 1150. The lowest BCUT2D eigenvalue weighted by Crippen LogP contribution is -2.40. The Morgan fingerprint density at radius 1 is 1.12 bits per heavy atom. The van der Waals surface area contributed by atoms with Crippen molar-refractivity contribution in [3.8, 4) is 11.5 Å². The van der Waals surface area contributed by atoms with Crippen LogP contribution in [0.1, 0.15) is 38.1 Å². The molecule has 0 spiro atoms. The van der Waals surface area contributed by atoms with Crippen molar-refractivity contribution in [2.45, 2.75) is 39.5 Å². The van der Waals surface area contributed by atoms with Gasteiger partial charge in [0.25, 0.3) is 0 Å². The van der Waals surface area contributed by atoms with Gasteiger partial charge in [0.2, 0.25) is 5.91 Å². The molecule has 0 saturated carbocycles. The van der Waals surface area contributed by atoms with Gasteiger partial charge in [-0.25, -0.2) is 15.0 Å². The maximum Gasteiger partial charge on any atom is 0.229 e. The Balaban J connectivity index is 1.51. The zero-order chi connectivity index (χ0) is 23.4. The molecule has 0 radical (unpaired) electrons. The molecule has 3 aromatic rings. The van der Waals surface area contributed by atoms with Gasteiger partial charge in [-0.3, -0.25) is 4.79 Å². The molecule has 174 valence electrons. The third-order valence-corrected chi connectivity index (χ3v) is 6.16. The molecule has 0 unspecified atom stereocenters. The molecule has 4 rings (SSSR count). The van der Waals surface area contributed by atoms with Crippen molar-refractivity contribution >= 4 is 28.4 Å². The first-order valence-corrected chi connectivity index (χ1v) is 11.5. The van der Waals surface area contributed by atoms with Crippen molar-refractivity contribution in [2.24, 2.45) is 5.92 Å². The number of piperidine rings is 1. The summed E-state index contributed by atoms with van der Waals surface area (Å²) in [5.41, 5.74) is 5.12. The standard InChI is InChI=1S/C25H31N5O3/c1-5-19-20(6-2)28-24-22(27-19)12-17(14-26-24)30-11-7-8-16(15-30)25(31)29-21-10-9-18(32-3)13-23(21)33-4/h9-10,12-14,16H,5-8,11,15H2,1-4H3,(H,29,31)/t16-/m1/s1. The maximum absolute atomic E-state index is 13.1. The number of aromatic nitrogens is 3. The summed E-state index contributed by atoms with van der Waals surface area (Å²) in [4.78, 5) is 29.4. The number of nitrogens with one attached hydrogen (secondary N) is 1. The van der Waals surface area contributed by atoms with Crippen molar-refractivity contribution in [3.63, 3.8) is 0 Å². The van der Waals surface area contributed by atoms with E-state index < -0.39 is 0 Å². The Morgan fingerprint density at radius 3 is 2.64 bits per heavy atom. The van der Waals surface area contributed by atoms with Gasteiger partial charge in [-0.2, -0.15) is 0 Å². The average molecular weight is 450 g/mol. The second-order valence-electron chi connectivity index (χ2n) is 8.20. The van der Waals surface area contributed by atoms with Crippen LogP contribution >= 0.6 is 0 Å². The lowest BCUT2D eigenvalue weighted by Gasteiger charge is -2.33. The Kier molecular flexibility index (Phi) is 6.91. The third kappa shape index (κ3) is 4.84. The fourth-order valence-electron chi connectivity index (χ4n) is 4.31. The molecule has 8 heteroatoms. The van der Waals surface area contributed by atoms with Gasteiger partial charge < -0.3 is 19.7 Å². The number of rotatable bonds is 7. The average Bonchev–Trinajstić information content (AvgIpc) is 2.87. The Labute approximate surface area is 194 Å². The molecule has 2 aromatic heterocycles. The third-order valence-electron chi connectivity index (χ3n) is 6.16. The number of benzene rings is 1. The summed E-state index contributed by atoms with van der Waals surface area (Å²) in [6, 6.07) is 7.42. The monoisotopic (exact) mass is 449 g/mol. The highest BCUT2D eigenvalue weighted by Crippen LogP contribution is 2.31. The molecule has 0 bridgehead atoms. The number of amides is 1. The van der Waals surface area contributed by atoms with Crippen LogP contribution in [0.4, 0.5) is 11.4 Å². The first-order valence-electron chi connectivity index (χ1n) is 11.5. The van der Waals surface area contributed by atoms with E-state index in [1.165, 1.54) is 0 Å². The van der Waals surface area contributed by atoms with E-state index in [-0.39, 0.29) is 11.8 Å². The lowest BCUT2D eigenvalue weighted by molar-refractivity contribution is -0.120. The van der Waals surface area contributed by atoms with E-state index >= 15 is 0 Å². The van der Waals surface area contributed by atoms with Crippen molar-refractivity contribution < 1.29 is 14.3 Å². The van der Waals surface area contributed by atoms with Crippen LogP contribution in [0.15, 0.2) is 30.5 Å². The van der Waals surface area contributed by atoms with Crippen LogP contribution in [0.5, 0.6) is 11.5 Å². The van der Waals surface area contributed by atoms with Gasteiger partial charge in [0.1, 0.15) is 17.0 Å². The zero-order valence-electron chi connectivity index (χ0n) is 19.7. The summed E-state index contributed by atoms with van der Waals surface area (Å²) in [6.45, 7) is 5.68. The summed E-state index contributed by atoms with van der Waals surface area (Å²) >= 11 is 0. The summed E-state index contributed by atoms with van der Waals surface area (Å²) in [7, 11) is 3.18. The number of anilines is 2. The Hall–Kier alpha value is -3.42. The van der Waals surface area contributed by atoms with E-state index in [0.717, 1.165) is 54.8 Å². The number of carbonyl (C=O) groups excluding carboxylic acids is 1. The first-order chi connectivity index (χ1) is 16.1. The second-order valence-corrected chi connectivity index (χ2v) is 8.20. The van der Waals surface area contributed by atoms with E-state index in [0.29, 0.717) is 29.4 Å². The highest BCUT2D eigenvalue weighted by molar-refractivity contribution is 5.94. The molecule has 1 saturated heterocycles. The highest BCUT2D eigenvalue weighted by Gasteiger charge is 2.27. The number of hydrogen-bond donors (Lipinski definition) is 1. The van der Waals surface area contributed by atoms with Crippen LogP contribution in [-0.4, -0.2) is 48.2 Å². The van der Waals surface area contributed by atoms with Gasteiger partial charge >= 0.3 is 0 Å². The molecule has 3 heterocycles. The fourth-order valence-corrected chi connectivity index (χ4v) is 4.31. The maximum atomic E-state index is 13.1. The molecule has 1 amide bonds. The van der Waals surface area contributed by atoms with Crippen molar-refractivity contribution in [2.75, 3.05) is 37.5 Å². The van der Waals surface area contributed by atoms with Crippen LogP contribution < -0.4 is 19.7 Å². The summed E-state index contributed by atoms with van der Waals surface area (Å²) < 4.78 is 10.7. The number of nitrogens with zero attached hydrogens (tertiary/aromatic N) is 4. The molecule has 33 heavy (non-hydrogen) atoms.